The van der Waals surface area contributed by atoms with Gasteiger partial charge in [-0.1, -0.05) is 24.3 Å². The average molecular weight is 314 g/mol. The van der Waals surface area contributed by atoms with Crippen molar-refractivity contribution in [3.63, 3.8) is 0 Å². The van der Waals surface area contributed by atoms with Crippen molar-refractivity contribution in [1.82, 2.24) is 0 Å². The van der Waals surface area contributed by atoms with E-state index in [1.54, 1.807) is 24.3 Å². The summed E-state index contributed by atoms with van der Waals surface area (Å²) in [5.41, 5.74) is 0. The third-order valence-electron chi connectivity index (χ3n) is 3.21. The number of hydrogen-bond acceptors (Lipinski definition) is 7. The lowest BCUT2D eigenvalue weighted by Gasteiger charge is -2.21. The van der Waals surface area contributed by atoms with Crippen LogP contribution < -0.4 is 4.74 Å². The van der Waals surface area contributed by atoms with Crippen LogP contribution in [0, 0.1) is 0 Å². The van der Waals surface area contributed by atoms with E-state index < -0.39 is 5.97 Å². The molecule has 1 aromatic carbocycles. The van der Waals surface area contributed by atoms with Gasteiger partial charge in [0.2, 0.25) is 0 Å². The van der Waals surface area contributed by atoms with Gasteiger partial charge in [-0.3, -0.25) is 0 Å². The third-order valence-corrected chi connectivity index (χ3v) is 3.80. The summed E-state index contributed by atoms with van der Waals surface area (Å²) in [7, 11) is 0. The van der Waals surface area contributed by atoms with Crippen molar-refractivity contribution in [2.24, 2.45) is 0 Å². The second-order valence-electron chi connectivity index (χ2n) is 4.74. The van der Waals surface area contributed by atoms with Crippen molar-refractivity contribution in [1.29, 1.82) is 0 Å². The van der Waals surface area contributed by atoms with Gasteiger partial charge >= 0.3 is 5.97 Å². The summed E-state index contributed by atoms with van der Waals surface area (Å²) in [6.07, 6.45) is 5.80. The molecule has 0 bridgehead atoms. The summed E-state index contributed by atoms with van der Waals surface area (Å²) in [5, 5.41) is 11.5. The van der Waals surface area contributed by atoms with Gasteiger partial charge in [-0.2, -0.15) is 0 Å². The van der Waals surface area contributed by atoms with Crippen molar-refractivity contribution in [3.8, 4) is 5.75 Å². The van der Waals surface area contributed by atoms with Gasteiger partial charge in [-0.25, -0.2) is 10.1 Å². The van der Waals surface area contributed by atoms with Gasteiger partial charge in [-0.15, -0.1) is 4.33 Å². The largest absolute Gasteiger partial charge is 0.425 e. The van der Waals surface area contributed by atoms with E-state index in [4.69, 9.17) is 14.7 Å². The van der Waals surface area contributed by atoms with Gasteiger partial charge in [0.1, 0.15) is 12.4 Å². The molecule has 6 nitrogen and oxygen atoms in total. The second kappa shape index (κ2) is 9.01. The van der Waals surface area contributed by atoms with E-state index in [0.29, 0.717) is 10.6 Å². The van der Waals surface area contributed by atoms with Crippen molar-refractivity contribution in [2.75, 3.05) is 6.61 Å². The van der Waals surface area contributed by atoms with E-state index >= 15 is 0 Å². The van der Waals surface area contributed by atoms with Crippen LogP contribution in [0.5, 0.6) is 5.75 Å². The number of rotatable bonds is 7. The van der Waals surface area contributed by atoms with Crippen molar-refractivity contribution in [3.05, 3.63) is 24.3 Å². The fourth-order valence-corrected chi connectivity index (χ4v) is 2.55. The Labute approximate surface area is 127 Å². The van der Waals surface area contributed by atoms with Gasteiger partial charge < -0.3 is 9.47 Å². The van der Waals surface area contributed by atoms with Gasteiger partial charge in [-0.05, 0) is 37.1 Å². The molecule has 1 saturated carbocycles. The van der Waals surface area contributed by atoms with E-state index in [9.17, 15) is 4.79 Å². The Kier molecular flexibility index (Phi) is 6.98. The minimum Gasteiger partial charge on any atom is -0.425 e. The third kappa shape index (κ3) is 6.03. The van der Waals surface area contributed by atoms with Crippen LogP contribution in [0.3, 0.4) is 0 Å². The average Bonchev–Trinajstić information content (AvgIpc) is 2.53. The van der Waals surface area contributed by atoms with Gasteiger partial charge in [0, 0.05) is 4.90 Å². The predicted octanol–water partition coefficient (Wildman–Crippen LogP) is 3.37. The van der Waals surface area contributed by atoms with Crippen LogP contribution in [0.2, 0.25) is 0 Å². The number of benzene rings is 1. The normalized spacial score (nSPS) is 15.9. The summed E-state index contributed by atoms with van der Waals surface area (Å²) in [5.74, 6) is 0.0254. The highest BCUT2D eigenvalue weighted by Crippen LogP contribution is 2.23. The van der Waals surface area contributed by atoms with Crippen LogP contribution in [-0.2, 0) is 18.9 Å². The van der Waals surface area contributed by atoms with Crippen molar-refractivity contribution >= 4 is 18.0 Å². The molecule has 1 aliphatic rings. The molecule has 0 saturated heterocycles. The first-order valence-electron chi connectivity index (χ1n) is 6.85. The smallest absolute Gasteiger partial charge is 0.337 e. The molecular formula is C14H18O6S. The lowest BCUT2D eigenvalue weighted by molar-refractivity contribution is -0.432. The zero-order valence-corrected chi connectivity index (χ0v) is 12.3. The summed E-state index contributed by atoms with van der Waals surface area (Å²) in [4.78, 5) is 12.4. The maximum Gasteiger partial charge on any atom is 0.337 e. The number of esters is 1. The lowest BCUT2D eigenvalue weighted by Crippen LogP contribution is -2.23. The van der Waals surface area contributed by atoms with Gasteiger partial charge in [0.15, 0.2) is 0 Å². The highest BCUT2D eigenvalue weighted by molar-refractivity contribution is 7.94. The Morgan fingerprint density at radius 1 is 1.19 bits per heavy atom. The summed E-state index contributed by atoms with van der Waals surface area (Å²) < 4.78 is 15.0. The van der Waals surface area contributed by atoms with E-state index in [2.05, 4.69) is 9.37 Å². The van der Waals surface area contributed by atoms with Crippen LogP contribution >= 0.6 is 12.0 Å². The molecule has 7 heteroatoms. The molecule has 1 aliphatic carbocycles. The summed E-state index contributed by atoms with van der Waals surface area (Å²) in [6.45, 7) is -0.0252. The second-order valence-corrected chi connectivity index (χ2v) is 5.52. The van der Waals surface area contributed by atoms with Crippen LogP contribution in [0.1, 0.15) is 32.1 Å². The monoisotopic (exact) mass is 314 g/mol. The maximum atomic E-state index is 11.7. The molecule has 0 spiro atoms. The topological polar surface area (TPSA) is 74.2 Å². The summed E-state index contributed by atoms with van der Waals surface area (Å²) in [6, 6.07) is 6.60. The molecule has 0 amide bonds. The van der Waals surface area contributed by atoms with E-state index in [1.165, 1.54) is 19.3 Å². The molecule has 0 radical (unpaired) electrons. The molecule has 1 N–H and O–H groups in total. The minimum absolute atomic E-state index is 0.0252. The first-order valence-corrected chi connectivity index (χ1v) is 7.59. The zero-order valence-electron chi connectivity index (χ0n) is 11.5. The summed E-state index contributed by atoms with van der Waals surface area (Å²) >= 11 is 0.840. The SMILES string of the molecule is O=C(COC1CCCCC1)Oc1ccc(SOOO)cc1. The quantitative estimate of drug-likeness (QED) is 0.272. The highest BCUT2D eigenvalue weighted by atomic mass is 32.2. The van der Waals surface area contributed by atoms with E-state index in [-0.39, 0.29) is 12.7 Å². The number of carbonyl (C=O) groups is 1. The standard InChI is InChI=1S/C14H18O6S/c15-14(10-17-11-4-2-1-3-5-11)18-12-6-8-13(9-7-12)21-20-19-16/h6-9,11,16H,1-5,10H2. The molecule has 2 rings (SSSR count). The first kappa shape index (κ1) is 16.3. The van der Waals surface area contributed by atoms with Crippen LogP contribution in [-0.4, -0.2) is 23.9 Å². The highest BCUT2D eigenvalue weighted by Gasteiger charge is 2.16. The van der Waals surface area contributed by atoms with Crippen LogP contribution in [0.4, 0.5) is 0 Å². The number of ether oxygens (including phenoxy) is 2. The molecule has 1 aromatic rings. The molecule has 0 aliphatic heterocycles. The molecule has 0 atom stereocenters. The minimum atomic E-state index is -0.407. The fourth-order valence-electron chi connectivity index (χ4n) is 2.20. The van der Waals surface area contributed by atoms with Crippen LogP contribution in [0.15, 0.2) is 29.2 Å². The van der Waals surface area contributed by atoms with E-state index in [1.807, 2.05) is 0 Å². The first-order chi connectivity index (χ1) is 10.3. The Bertz CT molecular complexity index is 430. The molecule has 0 unspecified atom stereocenters. The van der Waals surface area contributed by atoms with E-state index in [0.717, 1.165) is 24.9 Å². The molecule has 1 fully saturated rings. The van der Waals surface area contributed by atoms with Crippen molar-refractivity contribution < 1.29 is 28.9 Å². The number of hydrogen-bond donors (Lipinski definition) is 1. The molecular weight excluding hydrogens is 296 g/mol. The van der Waals surface area contributed by atoms with Gasteiger partial charge in [0.25, 0.3) is 0 Å². The van der Waals surface area contributed by atoms with Crippen molar-refractivity contribution in [2.45, 2.75) is 43.1 Å². The maximum absolute atomic E-state index is 11.7. The van der Waals surface area contributed by atoms with Gasteiger partial charge in [0.05, 0.1) is 18.1 Å². The molecule has 0 heterocycles. The lowest BCUT2D eigenvalue weighted by atomic mass is 9.98. The molecule has 116 valence electrons. The van der Waals surface area contributed by atoms with Crippen LogP contribution in [0.25, 0.3) is 0 Å². The zero-order chi connectivity index (χ0) is 14.9. The molecule has 21 heavy (non-hydrogen) atoms. The Morgan fingerprint density at radius 2 is 1.90 bits per heavy atom. The Hall–Kier alpha value is -1.12. The fraction of sp³-hybridized carbons (Fsp3) is 0.500. The Morgan fingerprint density at radius 3 is 2.57 bits per heavy atom. The predicted molar refractivity (Wildman–Crippen MR) is 75.6 cm³/mol. The number of carbonyl (C=O) groups excluding carboxylic acids is 1. The molecule has 0 aromatic heterocycles. The Balaban J connectivity index is 1.71.